The summed E-state index contributed by atoms with van der Waals surface area (Å²) in [4.78, 5) is 0. The van der Waals surface area contributed by atoms with Crippen LogP contribution >= 0.6 is 0 Å². The number of hydrogen-bond donors (Lipinski definition) is 0. The normalized spacial score (nSPS) is 31.5. The molecule has 1 spiro atoms. The van der Waals surface area contributed by atoms with E-state index in [-0.39, 0.29) is 5.79 Å². The molecule has 1 aliphatic carbocycles. The van der Waals surface area contributed by atoms with Crippen molar-refractivity contribution in [1.82, 2.24) is 0 Å². The predicted octanol–water partition coefficient (Wildman–Crippen LogP) is 3.11. The summed E-state index contributed by atoms with van der Waals surface area (Å²) in [5.74, 6) is 0.542. The Labute approximate surface area is 87.0 Å². The molecule has 1 unspecified atom stereocenters. The second-order valence-corrected chi connectivity index (χ2v) is 5.15. The molecule has 2 fully saturated rings. The highest BCUT2D eigenvalue weighted by atomic mass is 16.7. The van der Waals surface area contributed by atoms with Crippen LogP contribution in [0.2, 0.25) is 0 Å². The van der Waals surface area contributed by atoms with Crippen molar-refractivity contribution in [2.45, 2.75) is 64.3 Å². The van der Waals surface area contributed by atoms with Crippen molar-refractivity contribution in [1.29, 1.82) is 0 Å². The lowest BCUT2D eigenvalue weighted by Crippen LogP contribution is -2.33. The van der Waals surface area contributed by atoms with Gasteiger partial charge in [0.2, 0.25) is 0 Å². The van der Waals surface area contributed by atoms with E-state index in [0.29, 0.717) is 12.0 Å². The van der Waals surface area contributed by atoms with E-state index < -0.39 is 0 Å². The van der Waals surface area contributed by atoms with Crippen LogP contribution in [-0.4, -0.2) is 18.5 Å². The van der Waals surface area contributed by atoms with Gasteiger partial charge in [-0.15, -0.1) is 0 Å². The van der Waals surface area contributed by atoms with Crippen LogP contribution in [0.1, 0.15) is 52.4 Å². The summed E-state index contributed by atoms with van der Waals surface area (Å²) in [6, 6.07) is 0. The number of ether oxygens (including phenoxy) is 2. The van der Waals surface area contributed by atoms with E-state index in [1.807, 2.05) is 0 Å². The molecule has 0 aromatic rings. The average Bonchev–Trinajstić information content (AvgIpc) is 2.49. The van der Waals surface area contributed by atoms with Crippen molar-refractivity contribution in [2.75, 3.05) is 6.61 Å². The van der Waals surface area contributed by atoms with E-state index in [9.17, 15) is 0 Å². The quantitative estimate of drug-likeness (QED) is 0.678. The third kappa shape index (κ3) is 2.29. The highest BCUT2D eigenvalue weighted by molar-refractivity contribution is 4.82. The standard InChI is InChI=1S/C12H22O2/c1-10(2)8-11-9-13-12(14-11)6-4-3-5-7-12/h10-11H,3-9H2,1-2H3. The second-order valence-electron chi connectivity index (χ2n) is 5.15. The van der Waals surface area contributed by atoms with Gasteiger partial charge in [0, 0.05) is 12.8 Å². The summed E-state index contributed by atoms with van der Waals surface area (Å²) >= 11 is 0. The van der Waals surface area contributed by atoms with Gasteiger partial charge in [-0.25, -0.2) is 0 Å². The smallest absolute Gasteiger partial charge is 0.168 e. The molecular formula is C12H22O2. The molecule has 14 heavy (non-hydrogen) atoms. The van der Waals surface area contributed by atoms with Crippen LogP contribution in [0.4, 0.5) is 0 Å². The Hall–Kier alpha value is -0.0800. The van der Waals surface area contributed by atoms with Crippen molar-refractivity contribution in [3.8, 4) is 0 Å². The minimum atomic E-state index is -0.169. The van der Waals surface area contributed by atoms with Gasteiger partial charge < -0.3 is 9.47 Å². The van der Waals surface area contributed by atoms with Gasteiger partial charge in [-0.2, -0.15) is 0 Å². The maximum atomic E-state index is 6.08. The first kappa shape index (κ1) is 10.4. The lowest BCUT2D eigenvalue weighted by atomic mass is 9.94. The molecule has 0 aromatic carbocycles. The minimum Gasteiger partial charge on any atom is -0.347 e. The first-order valence-electron chi connectivity index (χ1n) is 6.02. The Morgan fingerprint density at radius 2 is 1.93 bits per heavy atom. The molecule has 0 radical (unpaired) electrons. The third-order valence-corrected chi connectivity index (χ3v) is 3.26. The number of hydrogen-bond acceptors (Lipinski definition) is 2. The van der Waals surface area contributed by atoms with E-state index in [4.69, 9.17) is 9.47 Å². The number of rotatable bonds is 2. The average molecular weight is 198 g/mol. The molecule has 0 bridgehead atoms. The molecule has 2 nitrogen and oxygen atoms in total. The SMILES string of the molecule is CC(C)CC1COC2(CCCCC2)O1. The molecule has 2 rings (SSSR count). The molecule has 1 saturated heterocycles. The van der Waals surface area contributed by atoms with Gasteiger partial charge in [0.1, 0.15) is 0 Å². The summed E-state index contributed by atoms with van der Waals surface area (Å²) in [5, 5.41) is 0. The lowest BCUT2D eigenvalue weighted by Gasteiger charge is -2.31. The third-order valence-electron chi connectivity index (χ3n) is 3.26. The fraction of sp³-hybridized carbons (Fsp3) is 1.00. The van der Waals surface area contributed by atoms with Crippen LogP contribution < -0.4 is 0 Å². The molecule has 1 saturated carbocycles. The summed E-state index contributed by atoms with van der Waals surface area (Å²) in [6.45, 7) is 5.31. The minimum absolute atomic E-state index is 0.169. The van der Waals surface area contributed by atoms with E-state index in [0.717, 1.165) is 25.9 Å². The van der Waals surface area contributed by atoms with E-state index >= 15 is 0 Å². The summed E-state index contributed by atoms with van der Waals surface area (Å²) < 4.78 is 12.0. The largest absolute Gasteiger partial charge is 0.347 e. The van der Waals surface area contributed by atoms with Gasteiger partial charge in [-0.3, -0.25) is 0 Å². The summed E-state index contributed by atoms with van der Waals surface area (Å²) in [5.41, 5.74) is 0. The molecule has 82 valence electrons. The fourth-order valence-electron chi connectivity index (χ4n) is 2.61. The molecule has 1 atom stereocenters. The zero-order chi connectivity index (χ0) is 10.0. The Morgan fingerprint density at radius 1 is 1.21 bits per heavy atom. The van der Waals surface area contributed by atoms with Crippen molar-refractivity contribution >= 4 is 0 Å². The van der Waals surface area contributed by atoms with Crippen LogP contribution in [0, 0.1) is 5.92 Å². The van der Waals surface area contributed by atoms with Crippen LogP contribution in [0.5, 0.6) is 0 Å². The van der Waals surface area contributed by atoms with Gasteiger partial charge in [0.15, 0.2) is 5.79 Å². The maximum Gasteiger partial charge on any atom is 0.168 e. The molecule has 0 aromatic heterocycles. The Bertz CT molecular complexity index is 183. The van der Waals surface area contributed by atoms with Gasteiger partial charge in [0.25, 0.3) is 0 Å². The zero-order valence-corrected chi connectivity index (χ0v) is 9.42. The van der Waals surface area contributed by atoms with Crippen molar-refractivity contribution in [3.05, 3.63) is 0 Å². The lowest BCUT2D eigenvalue weighted by molar-refractivity contribution is -0.188. The first-order chi connectivity index (χ1) is 6.70. The van der Waals surface area contributed by atoms with Crippen LogP contribution in [0.3, 0.4) is 0 Å². The Morgan fingerprint density at radius 3 is 2.57 bits per heavy atom. The maximum absolute atomic E-state index is 6.08. The summed E-state index contributed by atoms with van der Waals surface area (Å²) in [7, 11) is 0. The van der Waals surface area contributed by atoms with Gasteiger partial charge in [-0.1, -0.05) is 20.3 Å². The first-order valence-corrected chi connectivity index (χ1v) is 6.02. The molecule has 2 aliphatic rings. The second kappa shape index (κ2) is 4.19. The Kier molecular flexibility index (Phi) is 3.13. The molecule has 1 heterocycles. The van der Waals surface area contributed by atoms with E-state index in [1.165, 1.54) is 19.3 Å². The highest BCUT2D eigenvalue weighted by Crippen LogP contribution is 2.38. The van der Waals surface area contributed by atoms with Crippen LogP contribution in [-0.2, 0) is 9.47 Å². The fourth-order valence-corrected chi connectivity index (χ4v) is 2.61. The van der Waals surface area contributed by atoms with Crippen LogP contribution in [0.25, 0.3) is 0 Å². The molecule has 2 heteroatoms. The van der Waals surface area contributed by atoms with Gasteiger partial charge >= 0.3 is 0 Å². The van der Waals surface area contributed by atoms with Crippen molar-refractivity contribution < 1.29 is 9.47 Å². The molecule has 0 amide bonds. The predicted molar refractivity (Wildman–Crippen MR) is 56.1 cm³/mol. The molecule has 0 N–H and O–H groups in total. The Balaban J connectivity index is 1.86. The van der Waals surface area contributed by atoms with Crippen molar-refractivity contribution in [3.63, 3.8) is 0 Å². The van der Waals surface area contributed by atoms with Crippen LogP contribution in [0.15, 0.2) is 0 Å². The monoisotopic (exact) mass is 198 g/mol. The van der Waals surface area contributed by atoms with E-state index in [1.54, 1.807) is 0 Å². The molecule has 1 aliphatic heterocycles. The van der Waals surface area contributed by atoms with Gasteiger partial charge in [0.05, 0.1) is 12.7 Å². The van der Waals surface area contributed by atoms with Crippen molar-refractivity contribution in [2.24, 2.45) is 5.92 Å². The summed E-state index contributed by atoms with van der Waals surface area (Å²) in [6.07, 6.45) is 7.62. The molecular weight excluding hydrogens is 176 g/mol. The van der Waals surface area contributed by atoms with E-state index in [2.05, 4.69) is 13.8 Å². The highest BCUT2D eigenvalue weighted by Gasteiger charge is 2.41. The zero-order valence-electron chi connectivity index (χ0n) is 9.42. The topological polar surface area (TPSA) is 18.5 Å². The van der Waals surface area contributed by atoms with Gasteiger partial charge in [-0.05, 0) is 25.2 Å².